The van der Waals surface area contributed by atoms with Crippen molar-refractivity contribution in [2.45, 2.75) is 0 Å². The lowest BCUT2D eigenvalue weighted by Crippen LogP contribution is -2.03. The second-order valence-corrected chi connectivity index (χ2v) is 4.09. The summed E-state index contributed by atoms with van der Waals surface area (Å²) in [5.74, 6) is 1.67. The van der Waals surface area contributed by atoms with Crippen LogP contribution < -0.4 is 0 Å². The van der Waals surface area contributed by atoms with E-state index in [1.54, 1.807) is 0 Å². The zero-order valence-corrected chi connectivity index (χ0v) is 11.3. The Balaban J connectivity index is 1.73. The van der Waals surface area contributed by atoms with Gasteiger partial charge in [-0.05, 0) is 24.3 Å². The predicted molar refractivity (Wildman–Crippen MR) is 82.9 cm³/mol. The second-order valence-electron chi connectivity index (χ2n) is 4.09. The van der Waals surface area contributed by atoms with Crippen molar-refractivity contribution in [3.8, 4) is 0 Å². The summed E-state index contributed by atoms with van der Waals surface area (Å²) in [5, 5.41) is 0. The Bertz CT molecular complexity index is 488. The van der Waals surface area contributed by atoms with Gasteiger partial charge in [-0.3, -0.25) is 0 Å². The average molecular weight is 266 g/mol. The molecule has 0 saturated carbocycles. The molecule has 2 heteroatoms. The molecule has 2 rings (SSSR count). The lowest BCUT2D eigenvalue weighted by atomic mass is 10.3. The Morgan fingerprint density at radius 2 is 0.900 bits per heavy atom. The fourth-order valence-corrected chi connectivity index (χ4v) is 1.61. The molecule has 0 atom stereocenters. The molecule has 0 aromatic heterocycles. The van der Waals surface area contributed by atoms with Gasteiger partial charge in [0.2, 0.25) is 0 Å². The van der Waals surface area contributed by atoms with Gasteiger partial charge in [-0.15, -0.1) is 0 Å². The molecule has 0 heterocycles. The van der Waals surface area contributed by atoms with Crippen LogP contribution in [0.2, 0.25) is 0 Å². The Kier molecular flexibility index (Phi) is 5.99. The molecule has 2 aliphatic rings. The molecule has 0 fully saturated rings. The standard InChI is InChI=1S/C18H18O2/c1-3-7-11-17(12-8-4-1)19-15-16-20-18-13-9-5-2-6-10-14-18/h1-14H,15-16H2. The molecule has 0 radical (unpaired) electrons. The van der Waals surface area contributed by atoms with Gasteiger partial charge in [-0.25, -0.2) is 0 Å². The predicted octanol–water partition coefficient (Wildman–Crippen LogP) is 4.15. The summed E-state index contributed by atoms with van der Waals surface area (Å²) >= 11 is 0. The highest BCUT2D eigenvalue weighted by atomic mass is 16.5. The van der Waals surface area contributed by atoms with Crippen LogP contribution in [0, 0.1) is 0 Å². The number of allylic oxidation sites excluding steroid dienone is 14. The Labute approximate surface area is 120 Å². The van der Waals surface area contributed by atoms with Crippen LogP contribution in [-0.4, -0.2) is 13.2 Å². The molecule has 0 aromatic carbocycles. The first-order valence-electron chi connectivity index (χ1n) is 6.64. The fourth-order valence-electron chi connectivity index (χ4n) is 1.61. The molecule has 0 aliphatic heterocycles. The van der Waals surface area contributed by atoms with Gasteiger partial charge in [-0.1, -0.05) is 60.8 Å². The lowest BCUT2D eigenvalue weighted by molar-refractivity contribution is 0.127. The van der Waals surface area contributed by atoms with Crippen molar-refractivity contribution < 1.29 is 9.47 Å². The van der Waals surface area contributed by atoms with E-state index in [1.165, 1.54) is 0 Å². The van der Waals surface area contributed by atoms with Gasteiger partial charge in [0.15, 0.2) is 0 Å². The summed E-state index contributed by atoms with van der Waals surface area (Å²) in [6.45, 7) is 1.02. The zero-order valence-electron chi connectivity index (χ0n) is 11.3. The first-order valence-corrected chi connectivity index (χ1v) is 6.64. The Morgan fingerprint density at radius 3 is 1.40 bits per heavy atom. The SMILES string of the molecule is C1=CC=CC(OCCOC2=CC=CC=CC=C2)=CC=C1. The van der Waals surface area contributed by atoms with Gasteiger partial charge < -0.3 is 9.47 Å². The van der Waals surface area contributed by atoms with Gasteiger partial charge in [-0.2, -0.15) is 0 Å². The molecular formula is C18H18O2. The van der Waals surface area contributed by atoms with Crippen LogP contribution in [0.15, 0.2) is 96.6 Å². The van der Waals surface area contributed by atoms with Crippen molar-refractivity contribution in [2.75, 3.05) is 13.2 Å². The monoisotopic (exact) mass is 266 g/mol. The Morgan fingerprint density at radius 1 is 0.500 bits per heavy atom. The van der Waals surface area contributed by atoms with E-state index in [-0.39, 0.29) is 0 Å². The van der Waals surface area contributed by atoms with Gasteiger partial charge in [0, 0.05) is 0 Å². The summed E-state index contributed by atoms with van der Waals surface area (Å²) in [6, 6.07) is 0. The lowest BCUT2D eigenvalue weighted by Gasteiger charge is -2.09. The van der Waals surface area contributed by atoms with E-state index in [1.807, 2.05) is 85.1 Å². The average Bonchev–Trinajstić information content (AvgIpc) is 2.38. The fraction of sp³-hybridized carbons (Fsp3) is 0.111. The van der Waals surface area contributed by atoms with Crippen molar-refractivity contribution in [2.24, 2.45) is 0 Å². The number of ether oxygens (including phenoxy) is 2. The van der Waals surface area contributed by atoms with Crippen LogP contribution in [0.25, 0.3) is 0 Å². The third-order valence-electron chi connectivity index (χ3n) is 2.55. The summed E-state index contributed by atoms with van der Waals surface area (Å²) in [4.78, 5) is 0. The summed E-state index contributed by atoms with van der Waals surface area (Å²) in [7, 11) is 0. The van der Waals surface area contributed by atoms with Gasteiger partial charge in [0.05, 0.1) is 0 Å². The molecule has 20 heavy (non-hydrogen) atoms. The highest BCUT2D eigenvalue weighted by Gasteiger charge is 1.96. The van der Waals surface area contributed by atoms with Crippen LogP contribution in [0.5, 0.6) is 0 Å². The molecule has 0 amide bonds. The molecule has 0 spiro atoms. The number of hydrogen-bond acceptors (Lipinski definition) is 2. The molecule has 0 bridgehead atoms. The normalized spacial score (nSPS) is 16.8. The minimum Gasteiger partial charge on any atom is -0.490 e. The number of hydrogen-bond donors (Lipinski definition) is 0. The molecule has 102 valence electrons. The molecule has 0 aromatic rings. The summed E-state index contributed by atoms with van der Waals surface area (Å²) < 4.78 is 11.3. The van der Waals surface area contributed by atoms with E-state index in [9.17, 15) is 0 Å². The maximum absolute atomic E-state index is 5.65. The summed E-state index contributed by atoms with van der Waals surface area (Å²) in [5.41, 5.74) is 0. The Hall–Kier alpha value is -2.48. The van der Waals surface area contributed by atoms with E-state index in [0.29, 0.717) is 13.2 Å². The maximum atomic E-state index is 5.65. The summed E-state index contributed by atoms with van der Waals surface area (Å²) in [6.07, 6.45) is 27.4. The van der Waals surface area contributed by atoms with Crippen molar-refractivity contribution in [3.05, 3.63) is 96.6 Å². The quantitative estimate of drug-likeness (QED) is 0.696. The first kappa shape index (κ1) is 13.9. The molecule has 0 unspecified atom stereocenters. The smallest absolute Gasteiger partial charge is 0.122 e. The van der Waals surface area contributed by atoms with Gasteiger partial charge >= 0.3 is 0 Å². The van der Waals surface area contributed by atoms with Crippen molar-refractivity contribution >= 4 is 0 Å². The molecular weight excluding hydrogens is 248 g/mol. The molecule has 0 N–H and O–H groups in total. The first-order chi connectivity index (χ1) is 9.95. The highest BCUT2D eigenvalue weighted by Crippen LogP contribution is 2.06. The van der Waals surface area contributed by atoms with Crippen molar-refractivity contribution in [1.29, 1.82) is 0 Å². The largest absolute Gasteiger partial charge is 0.490 e. The highest BCUT2D eigenvalue weighted by molar-refractivity contribution is 5.28. The van der Waals surface area contributed by atoms with E-state index in [2.05, 4.69) is 0 Å². The van der Waals surface area contributed by atoms with Crippen molar-refractivity contribution in [1.82, 2.24) is 0 Å². The van der Waals surface area contributed by atoms with E-state index in [0.717, 1.165) is 11.5 Å². The molecule has 2 nitrogen and oxygen atoms in total. The van der Waals surface area contributed by atoms with E-state index in [4.69, 9.17) is 9.47 Å². The third-order valence-corrected chi connectivity index (χ3v) is 2.55. The topological polar surface area (TPSA) is 18.5 Å². The molecule has 2 aliphatic carbocycles. The zero-order chi connectivity index (χ0) is 13.9. The van der Waals surface area contributed by atoms with E-state index < -0.39 is 0 Å². The minimum absolute atomic E-state index is 0.512. The third kappa shape index (κ3) is 5.44. The van der Waals surface area contributed by atoms with Crippen LogP contribution >= 0.6 is 0 Å². The van der Waals surface area contributed by atoms with Crippen LogP contribution in [0.1, 0.15) is 0 Å². The van der Waals surface area contributed by atoms with Crippen molar-refractivity contribution in [3.63, 3.8) is 0 Å². The van der Waals surface area contributed by atoms with Crippen LogP contribution in [-0.2, 0) is 9.47 Å². The second kappa shape index (κ2) is 8.59. The van der Waals surface area contributed by atoms with E-state index >= 15 is 0 Å². The maximum Gasteiger partial charge on any atom is 0.122 e. The minimum atomic E-state index is 0.512. The van der Waals surface area contributed by atoms with Crippen LogP contribution in [0.4, 0.5) is 0 Å². The van der Waals surface area contributed by atoms with Crippen LogP contribution in [0.3, 0.4) is 0 Å². The molecule has 0 saturated heterocycles. The number of rotatable bonds is 5. The van der Waals surface area contributed by atoms with Gasteiger partial charge in [0.25, 0.3) is 0 Å². The van der Waals surface area contributed by atoms with Gasteiger partial charge in [0.1, 0.15) is 24.7 Å².